The molecule has 0 saturated heterocycles. The third kappa shape index (κ3) is 3.91. The first-order valence-corrected chi connectivity index (χ1v) is 4.66. The van der Waals surface area contributed by atoms with Crippen LogP contribution in [0.1, 0.15) is 12.5 Å². The van der Waals surface area contributed by atoms with Gasteiger partial charge < -0.3 is 4.74 Å². The molecule has 1 rings (SSSR count). The molecule has 80 valence electrons. The van der Waals surface area contributed by atoms with Gasteiger partial charge in [-0.15, -0.1) is 0 Å². The molecule has 0 aliphatic carbocycles. The van der Waals surface area contributed by atoms with Crippen molar-refractivity contribution in [3.63, 3.8) is 0 Å². The van der Waals surface area contributed by atoms with Crippen LogP contribution in [-0.4, -0.2) is 11.5 Å². The fraction of sp³-hybridized carbons (Fsp3) is 0.273. The molecule has 0 aliphatic rings. The van der Waals surface area contributed by atoms with Crippen LogP contribution in [0.2, 0.25) is 0 Å². The van der Waals surface area contributed by atoms with Crippen LogP contribution < -0.4 is 0 Å². The Bertz CT molecular complexity index is 343. The van der Waals surface area contributed by atoms with Crippen LogP contribution in [0.5, 0.6) is 0 Å². The van der Waals surface area contributed by atoms with E-state index in [0.717, 1.165) is 5.56 Å². The van der Waals surface area contributed by atoms with E-state index in [9.17, 15) is 10.1 Å². The maximum absolute atomic E-state index is 10.4. The second-order valence-electron chi connectivity index (χ2n) is 3.01. The lowest BCUT2D eigenvalue weighted by molar-refractivity contribution is -0.384. The number of ether oxygens (including phenoxy) is 1. The van der Waals surface area contributed by atoms with Crippen molar-refractivity contribution in [1.29, 1.82) is 0 Å². The lowest BCUT2D eigenvalue weighted by atomic mass is 10.2. The highest BCUT2D eigenvalue weighted by molar-refractivity contribution is 5.32. The molecule has 0 heterocycles. The Balaban J connectivity index is 2.46. The van der Waals surface area contributed by atoms with Gasteiger partial charge in [0.2, 0.25) is 0 Å². The third-order valence-electron chi connectivity index (χ3n) is 1.87. The first kappa shape index (κ1) is 11.4. The molecule has 1 aromatic carbocycles. The molecule has 0 aromatic heterocycles. The molecule has 0 radical (unpaired) electrons. The number of hydrogen-bond acceptors (Lipinski definition) is 3. The van der Waals surface area contributed by atoms with E-state index in [1.807, 2.05) is 19.1 Å². The Labute approximate surface area is 88.3 Å². The summed E-state index contributed by atoms with van der Waals surface area (Å²) in [5, 5.41) is 10.4. The molecule has 15 heavy (non-hydrogen) atoms. The van der Waals surface area contributed by atoms with Crippen LogP contribution in [0.3, 0.4) is 0 Å². The average Bonchev–Trinajstić information content (AvgIpc) is 2.25. The summed E-state index contributed by atoms with van der Waals surface area (Å²) in [5.74, 6) is 0. The molecule has 0 bridgehead atoms. The second kappa shape index (κ2) is 5.93. The van der Waals surface area contributed by atoms with Crippen molar-refractivity contribution in [3.05, 3.63) is 52.1 Å². The van der Waals surface area contributed by atoms with Crippen LogP contribution in [0.15, 0.2) is 36.4 Å². The number of nitrogens with zero attached hydrogens (tertiary/aromatic N) is 1. The lowest BCUT2D eigenvalue weighted by Crippen LogP contribution is -1.93. The number of benzene rings is 1. The van der Waals surface area contributed by atoms with E-state index in [-0.39, 0.29) is 5.69 Å². The molecule has 4 heteroatoms. The number of hydrogen-bond donors (Lipinski definition) is 0. The summed E-state index contributed by atoms with van der Waals surface area (Å²) in [4.78, 5) is 9.96. The molecular formula is C11H13NO3. The second-order valence-corrected chi connectivity index (χ2v) is 3.01. The van der Waals surface area contributed by atoms with Crippen LogP contribution in [0.4, 0.5) is 5.69 Å². The predicted octanol–water partition coefficient (Wildman–Crippen LogP) is 2.69. The maximum Gasteiger partial charge on any atom is 0.269 e. The monoisotopic (exact) mass is 207 g/mol. The van der Waals surface area contributed by atoms with Crippen LogP contribution in [0.25, 0.3) is 0 Å². The van der Waals surface area contributed by atoms with E-state index < -0.39 is 4.92 Å². The Morgan fingerprint density at radius 1 is 1.40 bits per heavy atom. The largest absolute Gasteiger partial charge is 0.373 e. The molecule has 0 fully saturated rings. The summed E-state index contributed by atoms with van der Waals surface area (Å²) in [7, 11) is 0. The minimum absolute atomic E-state index is 0.104. The maximum atomic E-state index is 10.4. The van der Waals surface area contributed by atoms with Crippen LogP contribution in [-0.2, 0) is 11.3 Å². The van der Waals surface area contributed by atoms with E-state index in [4.69, 9.17) is 4.74 Å². The zero-order valence-electron chi connectivity index (χ0n) is 8.55. The smallest absolute Gasteiger partial charge is 0.269 e. The van der Waals surface area contributed by atoms with Gasteiger partial charge in [0.1, 0.15) is 0 Å². The summed E-state index contributed by atoms with van der Waals surface area (Å²) in [5.41, 5.74) is 1.04. The van der Waals surface area contributed by atoms with Crippen molar-refractivity contribution in [2.75, 3.05) is 6.61 Å². The Kier molecular flexibility index (Phi) is 4.50. The first-order valence-electron chi connectivity index (χ1n) is 4.66. The molecule has 4 nitrogen and oxygen atoms in total. The quantitative estimate of drug-likeness (QED) is 0.323. The molecule has 0 aliphatic heterocycles. The van der Waals surface area contributed by atoms with Gasteiger partial charge in [-0.3, -0.25) is 10.1 Å². The summed E-state index contributed by atoms with van der Waals surface area (Å²) in [6.45, 7) is 2.96. The Hall–Kier alpha value is -1.68. The average molecular weight is 207 g/mol. The first-order chi connectivity index (χ1) is 7.24. The minimum Gasteiger partial charge on any atom is -0.373 e. The van der Waals surface area contributed by atoms with Gasteiger partial charge in [0, 0.05) is 12.1 Å². The summed E-state index contributed by atoms with van der Waals surface area (Å²) < 4.78 is 5.30. The van der Waals surface area contributed by atoms with Crippen molar-refractivity contribution in [2.24, 2.45) is 0 Å². The fourth-order valence-corrected chi connectivity index (χ4v) is 1.05. The number of allylic oxidation sites excluding steroid dienone is 1. The van der Waals surface area contributed by atoms with Gasteiger partial charge in [-0.05, 0) is 24.6 Å². The van der Waals surface area contributed by atoms with E-state index in [1.165, 1.54) is 12.1 Å². The Morgan fingerprint density at radius 2 is 2.07 bits per heavy atom. The number of nitro benzene ring substituents is 1. The third-order valence-corrected chi connectivity index (χ3v) is 1.87. The normalized spacial score (nSPS) is 10.7. The predicted molar refractivity (Wildman–Crippen MR) is 57.6 cm³/mol. The Morgan fingerprint density at radius 3 is 2.60 bits per heavy atom. The molecule has 0 atom stereocenters. The molecule has 0 amide bonds. The van der Waals surface area contributed by atoms with E-state index >= 15 is 0 Å². The van der Waals surface area contributed by atoms with Gasteiger partial charge in [-0.25, -0.2) is 0 Å². The van der Waals surface area contributed by atoms with Crippen molar-refractivity contribution in [3.8, 4) is 0 Å². The topological polar surface area (TPSA) is 52.4 Å². The molecule has 0 saturated carbocycles. The molecule has 0 unspecified atom stereocenters. The van der Waals surface area contributed by atoms with Crippen molar-refractivity contribution in [1.82, 2.24) is 0 Å². The number of nitro groups is 1. The van der Waals surface area contributed by atoms with Crippen molar-refractivity contribution in [2.45, 2.75) is 13.5 Å². The summed E-state index contributed by atoms with van der Waals surface area (Å²) in [6, 6.07) is 6.37. The van der Waals surface area contributed by atoms with Crippen molar-refractivity contribution >= 4 is 5.69 Å². The summed E-state index contributed by atoms with van der Waals surface area (Å²) in [6.07, 6.45) is 3.82. The van der Waals surface area contributed by atoms with Gasteiger partial charge in [0.25, 0.3) is 5.69 Å². The molecule has 1 aromatic rings. The lowest BCUT2D eigenvalue weighted by Gasteiger charge is -2.00. The minimum atomic E-state index is -0.412. The zero-order valence-corrected chi connectivity index (χ0v) is 8.55. The van der Waals surface area contributed by atoms with Crippen LogP contribution in [0, 0.1) is 10.1 Å². The van der Waals surface area contributed by atoms with Crippen LogP contribution >= 0.6 is 0 Å². The van der Waals surface area contributed by atoms with Gasteiger partial charge in [0.15, 0.2) is 0 Å². The van der Waals surface area contributed by atoms with E-state index in [2.05, 4.69) is 0 Å². The van der Waals surface area contributed by atoms with Gasteiger partial charge in [0.05, 0.1) is 18.1 Å². The standard InChI is InChI=1S/C11H13NO3/c1-2-3-8-15-9-10-4-6-11(7-5-10)12(13)14/h2-7H,8-9H2,1H3/b3-2+. The van der Waals surface area contributed by atoms with E-state index in [1.54, 1.807) is 12.1 Å². The van der Waals surface area contributed by atoms with Gasteiger partial charge in [-0.2, -0.15) is 0 Å². The van der Waals surface area contributed by atoms with Crippen molar-refractivity contribution < 1.29 is 9.66 Å². The van der Waals surface area contributed by atoms with Gasteiger partial charge in [-0.1, -0.05) is 12.2 Å². The molecule has 0 N–H and O–H groups in total. The van der Waals surface area contributed by atoms with Gasteiger partial charge >= 0.3 is 0 Å². The van der Waals surface area contributed by atoms with E-state index in [0.29, 0.717) is 13.2 Å². The number of rotatable bonds is 5. The molecule has 0 spiro atoms. The summed E-state index contributed by atoms with van der Waals surface area (Å²) >= 11 is 0. The molecular weight excluding hydrogens is 194 g/mol. The highest BCUT2D eigenvalue weighted by Gasteiger charge is 2.03. The number of non-ortho nitro benzene ring substituents is 1. The SMILES string of the molecule is C/C=C/COCc1ccc([N+](=O)[O-])cc1. The highest BCUT2D eigenvalue weighted by Crippen LogP contribution is 2.12. The zero-order chi connectivity index (χ0) is 11.1. The fourth-order valence-electron chi connectivity index (χ4n) is 1.05. The highest BCUT2D eigenvalue weighted by atomic mass is 16.6.